The van der Waals surface area contributed by atoms with Gasteiger partial charge in [0, 0.05) is 32.2 Å². The topological polar surface area (TPSA) is 26.8 Å². The Morgan fingerprint density at radius 3 is 2.38 bits per heavy atom. The van der Waals surface area contributed by atoms with Crippen LogP contribution in [0.15, 0.2) is 6.07 Å². The third kappa shape index (κ3) is 4.25. The number of piperidine rings is 1. The van der Waals surface area contributed by atoms with E-state index in [1.165, 1.54) is 50.2 Å². The Morgan fingerprint density at radius 1 is 1.17 bits per heavy atom. The first kappa shape index (κ1) is 18.5. The Balaban J connectivity index is 1.49. The van der Waals surface area contributed by atoms with Crippen molar-refractivity contribution in [3.63, 3.8) is 0 Å². The van der Waals surface area contributed by atoms with E-state index in [1.807, 2.05) is 4.90 Å². The molecule has 2 fully saturated rings. The molecule has 1 aromatic heterocycles. The maximum absolute atomic E-state index is 12.6. The molecule has 2 aliphatic rings. The third-order valence-electron chi connectivity index (χ3n) is 5.10. The maximum atomic E-state index is 12.6. The van der Waals surface area contributed by atoms with E-state index in [2.05, 4.69) is 16.7 Å². The second-order valence-electron chi connectivity index (χ2n) is 6.64. The summed E-state index contributed by atoms with van der Waals surface area (Å²) in [6.07, 6.45) is 3.74. The Hall–Kier alpha value is -0.330. The molecule has 2 saturated heterocycles. The molecule has 1 amide bonds. The van der Waals surface area contributed by atoms with Gasteiger partial charge in [-0.05, 0) is 45.0 Å². The molecule has 0 spiro atoms. The summed E-state index contributed by atoms with van der Waals surface area (Å²) in [5, 5.41) is 0. The zero-order chi connectivity index (χ0) is 17.1. The number of thiophene rings is 1. The van der Waals surface area contributed by atoms with Crippen molar-refractivity contribution in [1.82, 2.24) is 14.7 Å². The van der Waals surface area contributed by atoms with E-state index in [-0.39, 0.29) is 5.91 Å². The summed E-state index contributed by atoms with van der Waals surface area (Å²) < 4.78 is 1.07. The highest BCUT2D eigenvalue weighted by molar-refractivity contribution is 7.20. The number of hydrogen-bond acceptors (Lipinski definition) is 4. The molecule has 2 aliphatic heterocycles. The van der Waals surface area contributed by atoms with Gasteiger partial charge in [0.05, 0.1) is 9.90 Å². The predicted molar refractivity (Wildman–Crippen MR) is 102 cm³/mol. The molecule has 0 aromatic carbocycles. The van der Waals surface area contributed by atoms with Gasteiger partial charge >= 0.3 is 0 Å². The van der Waals surface area contributed by atoms with Crippen LogP contribution in [0.3, 0.4) is 0 Å². The summed E-state index contributed by atoms with van der Waals surface area (Å²) in [4.78, 5) is 19.6. The zero-order valence-electron chi connectivity index (χ0n) is 14.1. The van der Waals surface area contributed by atoms with Crippen molar-refractivity contribution in [2.45, 2.75) is 32.2 Å². The maximum Gasteiger partial charge on any atom is 0.256 e. The number of hydrogen-bond donors (Lipinski definition) is 0. The second kappa shape index (κ2) is 8.37. The summed E-state index contributed by atoms with van der Waals surface area (Å²) in [5.74, 6) is 0.0144. The van der Waals surface area contributed by atoms with Crippen molar-refractivity contribution < 1.29 is 4.79 Å². The van der Waals surface area contributed by atoms with Crippen LogP contribution in [-0.2, 0) is 0 Å². The number of likely N-dealkylation sites (tertiary alicyclic amines) is 1. The molecule has 4 nitrogen and oxygen atoms in total. The van der Waals surface area contributed by atoms with Crippen LogP contribution in [0.25, 0.3) is 0 Å². The van der Waals surface area contributed by atoms with Crippen LogP contribution in [-0.4, -0.2) is 72.5 Å². The summed E-state index contributed by atoms with van der Waals surface area (Å²) in [7, 11) is 0. The SMILES string of the molecule is CCCN1CCC(N2CCN(C(=O)c3cc(Cl)sc3Cl)CC2)CC1. The van der Waals surface area contributed by atoms with E-state index in [9.17, 15) is 4.79 Å². The van der Waals surface area contributed by atoms with Gasteiger partial charge in [-0.2, -0.15) is 0 Å². The summed E-state index contributed by atoms with van der Waals surface area (Å²) in [5.41, 5.74) is 0.549. The van der Waals surface area contributed by atoms with Crippen LogP contribution in [0.2, 0.25) is 8.67 Å². The van der Waals surface area contributed by atoms with Crippen molar-refractivity contribution in [1.29, 1.82) is 0 Å². The molecule has 134 valence electrons. The normalized spacial score (nSPS) is 21.4. The van der Waals surface area contributed by atoms with Crippen LogP contribution < -0.4 is 0 Å². The van der Waals surface area contributed by atoms with E-state index in [0.717, 1.165) is 26.2 Å². The molecule has 0 N–H and O–H groups in total. The molecule has 0 radical (unpaired) electrons. The first-order valence-corrected chi connectivity index (χ1v) is 10.4. The molecule has 0 aliphatic carbocycles. The third-order valence-corrected chi connectivity index (χ3v) is 6.59. The van der Waals surface area contributed by atoms with E-state index in [4.69, 9.17) is 23.2 Å². The van der Waals surface area contributed by atoms with Gasteiger partial charge in [0.25, 0.3) is 5.91 Å². The van der Waals surface area contributed by atoms with Gasteiger partial charge in [-0.15, -0.1) is 11.3 Å². The van der Waals surface area contributed by atoms with E-state index >= 15 is 0 Å². The summed E-state index contributed by atoms with van der Waals surface area (Å²) >= 11 is 13.3. The number of nitrogens with zero attached hydrogens (tertiary/aromatic N) is 3. The Bertz CT molecular complexity index is 564. The molecule has 0 saturated carbocycles. The highest BCUT2D eigenvalue weighted by Gasteiger charge is 2.29. The van der Waals surface area contributed by atoms with Crippen LogP contribution in [0.1, 0.15) is 36.5 Å². The molecular weight excluding hydrogens is 365 g/mol. The molecule has 3 heterocycles. The smallest absolute Gasteiger partial charge is 0.256 e. The lowest BCUT2D eigenvalue weighted by molar-refractivity contribution is 0.0453. The highest BCUT2D eigenvalue weighted by Crippen LogP contribution is 2.32. The van der Waals surface area contributed by atoms with Crippen LogP contribution in [0.5, 0.6) is 0 Å². The first-order chi connectivity index (χ1) is 11.6. The molecule has 3 rings (SSSR count). The molecule has 7 heteroatoms. The number of piperazine rings is 1. The number of halogens is 2. The Kier molecular flexibility index (Phi) is 6.44. The minimum Gasteiger partial charge on any atom is -0.336 e. The van der Waals surface area contributed by atoms with E-state index < -0.39 is 0 Å². The fourth-order valence-corrected chi connectivity index (χ4v) is 5.22. The molecule has 0 bridgehead atoms. The molecule has 0 atom stereocenters. The first-order valence-electron chi connectivity index (χ1n) is 8.79. The van der Waals surface area contributed by atoms with Gasteiger partial charge < -0.3 is 9.80 Å². The zero-order valence-corrected chi connectivity index (χ0v) is 16.5. The number of carbonyl (C=O) groups is 1. The lowest BCUT2D eigenvalue weighted by atomic mass is 10.0. The van der Waals surface area contributed by atoms with Crippen molar-refractivity contribution in [3.8, 4) is 0 Å². The van der Waals surface area contributed by atoms with Gasteiger partial charge in [0.1, 0.15) is 4.34 Å². The number of rotatable bonds is 4. The minimum atomic E-state index is 0.0144. The van der Waals surface area contributed by atoms with Gasteiger partial charge in [0.2, 0.25) is 0 Å². The largest absolute Gasteiger partial charge is 0.336 e. The second-order valence-corrected chi connectivity index (χ2v) is 8.92. The highest BCUT2D eigenvalue weighted by atomic mass is 35.5. The summed E-state index contributed by atoms with van der Waals surface area (Å²) in [6.45, 7) is 9.35. The Morgan fingerprint density at radius 2 is 1.83 bits per heavy atom. The lowest BCUT2D eigenvalue weighted by Gasteiger charge is -2.42. The van der Waals surface area contributed by atoms with Crippen molar-refractivity contribution in [2.24, 2.45) is 0 Å². The quantitative estimate of drug-likeness (QED) is 0.785. The van der Waals surface area contributed by atoms with Crippen LogP contribution in [0, 0.1) is 0 Å². The minimum absolute atomic E-state index is 0.0144. The molecule has 0 unspecified atom stereocenters. The van der Waals surface area contributed by atoms with E-state index in [1.54, 1.807) is 6.07 Å². The molecular formula is C17H25Cl2N3OS. The van der Waals surface area contributed by atoms with E-state index in [0.29, 0.717) is 20.3 Å². The predicted octanol–water partition coefficient (Wildman–Crippen LogP) is 3.69. The number of carbonyl (C=O) groups excluding carboxylic acids is 1. The van der Waals surface area contributed by atoms with Gasteiger partial charge in [-0.3, -0.25) is 9.69 Å². The monoisotopic (exact) mass is 389 g/mol. The van der Waals surface area contributed by atoms with Gasteiger partial charge in [-0.1, -0.05) is 30.1 Å². The Labute approximate surface area is 158 Å². The van der Waals surface area contributed by atoms with Crippen molar-refractivity contribution >= 4 is 40.4 Å². The van der Waals surface area contributed by atoms with Crippen LogP contribution >= 0.6 is 34.5 Å². The fourth-order valence-electron chi connectivity index (χ4n) is 3.77. The fraction of sp³-hybridized carbons (Fsp3) is 0.706. The summed E-state index contributed by atoms with van der Waals surface area (Å²) in [6, 6.07) is 2.36. The average molecular weight is 390 g/mol. The molecule has 1 aromatic rings. The average Bonchev–Trinajstić information content (AvgIpc) is 2.94. The van der Waals surface area contributed by atoms with Crippen molar-refractivity contribution in [3.05, 3.63) is 20.3 Å². The number of amides is 1. The lowest BCUT2D eigenvalue weighted by Crippen LogP contribution is -2.54. The molecule has 24 heavy (non-hydrogen) atoms. The van der Waals surface area contributed by atoms with Crippen molar-refractivity contribution in [2.75, 3.05) is 45.8 Å². The van der Waals surface area contributed by atoms with Gasteiger partial charge in [-0.25, -0.2) is 0 Å². The standard InChI is InChI=1S/C17H25Cl2N3OS/c1-2-5-20-6-3-13(4-7-20)21-8-10-22(11-9-21)17(23)14-12-15(18)24-16(14)19/h12-13H,2-11H2,1H3. The van der Waals surface area contributed by atoms with Crippen LogP contribution in [0.4, 0.5) is 0 Å². The van der Waals surface area contributed by atoms with Gasteiger partial charge in [0.15, 0.2) is 0 Å².